The molecule has 1 aromatic rings. The number of carbonyl (C=O) groups is 1. The second kappa shape index (κ2) is 7.24. The van der Waals surface area contributed by atoms with Crippen LogP contribution < -0.4 is 15.8 Å². The average molecular weight is 271 g/mol. The van der Waals surface area contributed by atoms with Gasteiger partial charge in [-0.05, 0) is 25.1 Å². The van der Waals surface area contributed by atoms with E-state index in [1.165, 1.54) is 0 Å². The fourth-order valence-corrected chi connectivity index (χ4v) is 1.48. The second-order valence-electron chi connectivity index (χ2n) is 4.24. The summed E-state index contributed by atoms with van der Waals surface area (Å²) < 4.78 is 5.45. The summed E-state index contributed by atoms with van der Waals surface area (Å²) in [5.74, 6) is 0.438. The Hall–Kier alpha value is -1.26. The molecule has 0 saturated heterocycles. The molecule has 0 saturated carbocycles. The SMILES string of the molecule is CC(N)C(C)C(=O)NCCOc1cccc(Cl)c1. The zero-order valence-corrected chi connectivity index (χ0v) is 11.4. The lowest BCUT2D eigenvalue weighted by Gasteiger charge is -2.15. The molecule has 0 aliphatic heterocycles. The van der Waals surface area contributed by atoms with Crippen LogP contribution in [0.25, 0.3) is 0 Å². The third-order valence-electron chi connectivity index (χ3n) is 2.67. The molecule has 2 unspecified atom stereocenters. The van der Waals surface area contributed by atoms with Gasteiger partial charge in [0.25, 0.3) is 0 Å². The van der Waals surface area contributed by atoms with E-state index >= 15 is 0 Å². The van der Waals surface area contributed by atoms with Gasteiger partial charge in [0.1, 0.15) is 12.4 Å². The predicted molar refractivity (Wildman–Crippen MR) is 72.8 cm³/mol. The van der Waals surface area contributed by atoms with Gasteiger partial charge in [-0.25, -0.2) is 0 Å². The third kappa shape index (κ3) is 4.94. The van der Waals surface area contributed by atoms with Gasteiger partial charge >= 0.3 is 0 Å². The van der Waals surface area contributed by atoms with E-state index in [9.17, 15) is 4.79 Å². The molecule has 1 amide bonds. The Bertz CT molecular complexity index is 396. The zero-order valence-electron chi connectivity index (χ0n) is 10.7. The average Bonchev–Trinajstić information content (AvgIpc) is 2.33. The Morgan fingerprint density at radius 2 is 2.22 bits per heavy atom. The highest BCUT2D eigenvalue weighted by molar-refractivity contribution is 6.30. The quantitative estimate of drug-likeness (QED) is 0.775. The molecule has 2 atom stereocenters. The maximum absolute atomic E-state index is 11.6. The van der Waals surface area contributed by atoms with Crippen molar-refractivity contribution in [1.29, 1.82) is 0 Å². The molecule has 0 heterocycles. The van der Waals surface area contributed by atoms with Gasteiger partial charge in [0.15, 0.2) is 0 Å². The summed E-state index contributed by atoms with van der Waals surface area (Å²) in [6, 6.07) is 6.99. The first-order valence-corrected chi connectivity index (χ1v) is 6.30. The first-order valence-electron chi connectivity index (χ1n) is 5.92. The number of amides is 1. The van der Waals surface area contributed by atoms with Gasteiger partial charge in [-0.15, -0.1) is 0 Å². The Morgan fingerprint density at radius 3 is 2.83 bits per heavy atom. The van der Waals surface area contributed by atoms with Gasteiger partial charge in [-0.3, -0.25) is 4.79 Å². The standard InChI is InChI=1S/C13H19ClN2O2/c1-9(10(2)15)13(17)16-6-7-18-12-5-3-4-11(14)8-12/h3-5,8-10H,6-7,15H2,1-2H3,(H,16,17). The number of carbonyl (C=O) groups excluding carboxylic acids is 1. The van der Waals surface area contributed by atoms with E-state index in [4.69, 9.17) is 22.1 Å². The fraction of sp³-hybridized carbons (Fsp3) is 0.462. The van der Waals surface area contributed by atoms with Crippen molar-refractivity contribution in [3.63, 3.8) is 0 Å². The maximum atomic E-state index is 11.6. The van der Waals surface area contributed by atoms with Crippen LogP contribution in [0.5, 0.6) is 5.75 Å². The Labute approximate surface area is 112 Å². The van der Waals surface area contributed by atoms with E-state index in [0.717, 1.165) is 0 Å². The van der Waals surface area contributed by atoms with Crippen LogP contribution in [-0.4, -0.2) is 25.1 Å². The summed E-state index contributed by atoms with van der Waals surface area (Å²) in [7, 11) is 0. The number of rotatable bonds is 6. The van der Waals surface area contributed by atoms with Gasteiger partial charge in [0, 0.05) is 17.0 Å². The van der Waals surface area contributed by atoms with E-state index in [2.05, 4.69) is 5.32 Å². The molecule has 3 N–H and O–H groups in total. The fourth-order valence-electron chi connectivity index (χ4n) is 1.30. The van der Waals surface area contributed by atoms with Crippen LogP contribution in [0.1, 0.15) is 13.8 Å². The highest BCUT2D eigenvalue weighted by Gasteiger charge is 2.15. The molecule has 0 spiro atoms. The van der Waals surface area contributed by atoms with Crippen molar-refractivity contribution in [3.05, 3.63) is 29.3 Å². The lowest BCUT2D eigenvalue weighted by molar-refractivity contribution is -0.125. The topological polar surface area (TPSA) is 64.4 Å². The van der Waals surface area contributed by atoms with E-state index < -0.39 is 0 Å². The van der Waals surface area contributed by atoms with Crippen LogP contribution in [0, 0.1) is 5.92 Å². The number of ether oxygens (including phenoxy) is 1. The molecule has 1 aromatic carbocycles. The van der Waals surface area contributed by atoms with Gasteiger partial charge in [-0.2, -0.15) is 0 Å². The number of hydrogen-bond donors (Lipinski definition) is 2. The van der Waals surface area contributed by atoms with Crippen molar-refractivity contribution in [3.8, 4) is 5.75 Å². The van der Waals surface area contributed by atoms with E-state index in [0.29, 0.717) is 23.9 Å². The minimum atomic E-state index is -0.198. The molecule has 18 heavy (non-hydrogen) atoms. The summed E-state index contributed by atoms with van der Waals surface area (Å²) in [5.41, 5.74) is 5.64. The van der Waals surface area contributed by atoms with Crippen LogP contribution in [0.3, 0.4) is 0 Å². The van der Waals surface area contributed by atoms with Crippen LogP contribution >= 0.6 is 11.6 Å². The largest absolute Gasteiger partial charge is 0.492 e. The zero-order chi connectivity index (χ0) is 13.5. The van der Waals surface area contributed by atoms with Gasteiger partial charge < -0.3 is 15.8 Å². The first kappa shape index (κ1) is 14.8. The Morgan fingerprint density at radius 1 is 1.50 bits per heavy atom. The summed E-state index contributed by atoms with van der Waals surface area (Å²) in [6.45, 7) is 4.46. The van der Waals surface area contributed by atoms with Gasteiger partial charge in [0.2, 0.25) is 5.91 Å². The summed E-state index contributed by atoms with van der Waals surface area (Å²) in [4.78, 5) is 11.6. The van der Waals surface area contributed by atoms with Gasteiger partial charge in [-0.1, -0.05) is 24.6 Å². The number of nitrogens with one attached hydrogen (secondary N) is 1. The molecule has 0 aromatic heterocycles. The van der Waals surface area contributed by atoms with E-state index in [1.54, 1.807) is 19.1 Å². The minimum Gasteiger partial charge on any atom is -0.492 e. The molecule has 0 bridgehead atoms. The summed E-state index contributed by atoms with van der Waals surface area (Å²) in [5, 5.41) is 3.40. The number of hydrogen-bond acceptors (Lipinski definition) is 3. The van der Waals surface area contributed by atoms with Crippen molar-refractivity contribution in [2.75, 3.05) is 13.2 Å². The second-order valence-corrected chi connectivity index (χ2v) is 4.68. The molecule has 4 nitrogen and oxygen atoms in total. The first-order chi connectivity index (χ1) is 8.50. The number of benzene rings is 1. The predicted octanol–water partition coefficient (Wildman–Crippen LogP) is 1.82. The van der Waals surface area contributed by atoms with Crippen LogP contribution in [0.4, 0.5) is 0 Å². The van der Waals surface area contributed by atoms with Crippen LogP contribution in [0.15, 0.2) is 24.3 Å². The highest BCUT2D eigenvalue weighted by atomic mass is 35.5. The third-order valence-corrected chi connectivity index (χ3v) is 2.90. The van der Waals surface area contributed by atoms with E-state index in [-0.39, 0.29) is 17.9 Å². The molecule has 0 aliphatic rings. The number of nitrogens with two attached hydrogens (primary N) is 1. The van der Waals surface area contributed by atoms with Crippen LogP contribution in [0.2, 0.25) is 5.02 Å². The molecule has 0 aliphatic carbocycles. The van der Waals surface area contributed by atoms with Gasteiger partial charge in [0.05, 0.1) is 6.54 Å². The lowest BCUT2D eigenvalue weighted by atomic mass is 10.0. The van der Waals surface area contributed by atoms with Crippen molar-refractivity contribution in [2.24, 2.45) is 11.7 Å². The minimum absolute atomic E-state index is 0.0558. The molecule has 5 heteroatoms. The summed E-state index contributed by atoms with van der Waals surface area (Å²) >= 11 is 5.82. The van der Waals surface area contributed by atoms with E-state index in [1.807, 2.05) is 19.1 Å². The Kier molecular flexibility index (Phi) is 5.95. The molecular formula is C13H19ClN2O2. The molecule has 0 fully saturated rings. The summed E-state index contributed by atoms with van der Waals surface area (Å²) in [6.07, 6.45) is 0. The molecule has 100 valence electrons. The monoisotopic (exact) mass is 270 g/mol. The van der Waals surface area contributed by atoms with Crippen molar-refractivity contribution in [2.45, 2.75) is 19.9 Å². The van der Waals surface area contributed by atoms with Crippen molar-refractivity contribution in [1.82, 2.24) is 5.32 Å². The van der Waals surface area contributed by atoms with Crippen LogP contribution in [-0.2, 0) is 4.79 Å². The van der Waals surface area contributed by atoms with Crippen molar-refractivity contribution >= 4 is 17.5 Å². The molecule has 1 rings (SSSR count). The highest BCUT2D eigenvalue weighted by Crippen LogP contribution is 2.16. The number of halogens is 1. The molecule has 0 radical (unpaired) electrons. The molecular weight excluding hydrogens is 252 g/mol. The maximum Gasteiger partial charge on any atom is 0.224 e. The lowest BCUT2D eigenvalue weighted by Crippen LogP contribution is -2.40. The smallest absolute Gasteiger partial charge is 0.224 e. The van der Waals surface area contributed by atoms with Crippen molar-refractivity contribution < 1.29 is 9.53 Å². The Balaban J connectivity index is 2.25. The normalized spacial score (nSPS) is 13.8.